The first-order valence-electron chi connectivity index (χ1n) is 10.6. The summed E-state index contributed by atoms with van der Waals surface area (Å²) in [4.78, 5) is 11.6. The molecule has 0 aromatic rings. The lowest BCUT2D eigenvalue weighted by Crippen LogP contribution is -2.51. The SMILES string of the molecule is C=C1CCC2[C@H](COC(C)=O)C([C@@]3(C)CC[C@H](C)C[C@@H]3CO)CC[C@]12C. The van der Waals surface area contributed by atoms with E-state index in [1.807, 2.05) is 0 Å². The van der Waals surface area contributed by atoms with Crippen LogP contribution >= 0.6 is 0 Å². The van der Waals surface area contributed by atoms with Crippen LogP contribution in [0.1, 0.15) is 72.6 Å². The number of carbonyl (C=O) groups is 1. The number of allylic oxidation sites excluding steroid dienone is 1. The van der Waals surface area contributed by atoms with Gasteiger partial charge in [-0.05, 0) is 73.0 Å². The molecule has 7 atom stereocenters. The van der Waals surface area contributed by atoms with Crippen molar-refractivity contribution in [3.63, 3.8) is 0 Å². The van der Waals surface area contributed by atoms with Crippen LogP contribution in [0, 0.1) is 40.4 Å². The molecule has 0 bridgehead atoms. The lowest BCUT2D eigenvalue weighted by molar-refractivity contribution is -0.149. The molecule has 0 spiro atoms. The van der Waals surface area contributed by atoms with Crippen molar-refractivity contribution in [3.05, 3.63) is 12.2 Å². The third kappa shape index (κ3) is 3.25. The molecule has 0 aliphatic heterocycles. The molecule has 26 heavy (non-hydrogen) atoms. The highest BCUT2D eigenvalue weighted by molar-refractivity contribution is 5.65. The van der Waals surface area contributed by atoms with Crippen molar-refractivity contribution in [1.82, 2.24) is 0 Å². The van der Waals surface area contributed by atoms with Crippen LogP contribution in [0.3, 0.4) is 0 Å². The van der Waals surface area contributed by atoms with E-state index in [4.69, 9.17) is 4.74 Å². The van der Waals surface area contributed by atoms with Gasteiger partial charge in [0.2, 0.25) is 0 Å². The summed E-state index contributed by atoms with van der Waals surface area (Å²) in [5.74, 6) is 2.37. The zero-order valence-corrected chi connectivity index (χ0v) is 17.2. The predicted octanol–water partition coefficient (Wildman–Crippen LogP) is 4.98. The van der Waals surface area contributed by atoms with E-state index in [2.05, 4.69) is 27.4 Å². The van der Waals surface area contributed by atoms with Gasteiger partial charge in [0.25, 0.3) is 0 Å². The van der Waals surface area contributed by atoms with Gasteiger partial charge in [-0.25, -0.2) is 0 Å². The summed E-state index contributed by atoms with van der Waals surface area (Å²) < 4.78 is 5.59. The number of aliphatic hydroxyl groups excluding tert-OH is 1. The third-order valence-corrected chi connectivity index (χ3v) is 8.73. The first kappa shape index (κ1) is 19.9. The third-order valence-electron chi connectivity index (χ3n) is 8.73. The Bertz CT molecular complexity index is 556. The zero-order valence-electron chi connectivity index (χ0n) is 17.2. The molecule has 0 radical (unpaired) electrons. The van der Waals surface area contributed by atoms with Gasteiger partial charge < -0.3 is 9.84 Å². The van der Waals surface area contributed by atoms with Crippen molar-refractivity contribution in [2.24, 2.45) is 40.4 Å². The van der Waals surface area contributed by atoms with Gasteiger partial charge in [0, 0.05) is 19.4 Å². The maximum Gasteiger partial charge on any atom is 0.302 e. The molecule has 3 rings (SSSR count). The van der Waals surface area contributed by atoms with Gasteiger partial charge in [0.05, 0.1) is 6.61 Å². The number of esters is 1. The summed E-state index contributed by atoms with van der Waals surface area (Å²) in [7, 11) is 0. The molecule has 0 heterocycles. The Kier molecular flexibility index (Phi) is 5.59. The van der Waals surface area contributed by atoms with E-state index in [9.17, 15) is 9.90 Å². The van der Waals surface area contributed by atoms with E-state index in [0.717, 1.165) is 12.8 Å². The fraction of sp³-hybridized carbons (Fsp3) is 0.870. The molecule has 3 heteroatoms. The average Bonchev–Trinajstić information content (AvgIpc) is 2.90. The topological polar surface area (TPSA) is 46.5 Å². The monoisotopic (exact) mass is 362 g/mol. The largest absolute Gasteiger partial charge is 0.466 e. The highest BCUT2D eigenvalue weighted by Crippen LogP contribution is 2.63. The van der Waals surface area contributed by atoms with Crippen LogP contribution < -0.4 is 0 Å². The second-order valence-corrected chi connectivity index (χ2v) is 10.0. The van der Waals surface area contributed by atoms with E-state index in [1.165, 1.54) is 44.6 Å². The lowest BCUT2D eigenvalue weighted by Gasteiger charge is -2.56. The molecule has 1 N–H and O–H groups in total. The van der Waals surface area contributed by atoms with E-state index < -0.39 is 0 Å². The van der Waals surface area contributed by atoms with Crippen LogP contribution in [0.2, 0.25) is 0 Å². The number of aliphatic hydroxyl groups is 1. The molecule has 3 nitrogen and oxygen atoms in total. The minimum atomic E-state index is -0.172. The van der Waals surface area contributed by atoms with E-state index in [0.29, 0.717) is 36.2 Å². The van der Waals surface area contributed by atoms with Gasteiger partial charge in [-0.2, -0.15) is 0 Å². The lowest BCUT2D eigenvalue weighted by atomic mass is 9.49. The Labute approximate surface area is 159 Å². The Hall–Kier alpha value is -0.830. The Morgan fingerprint density at radius 3 is 2.62 bits per heavy atom. The Morgan fingerprint density at radius 1 is 1.23 bits per heavy atom. The summed E-state index contributed by atoms with van der Waals surface area (Å²) >= 11 is 0. The molecule has 3 saturated carbocycles. The van der Waals surface area contributed by atoms with Gasteiger partial charge in [-0.15, -0.1) is 0 Å². The molecule has 0 amide bonds. The van der Waals surface area contributed by atoms with Crippen LogP contribution in [0.25, 0.3) is 0 Å². The van der Waals surface area contributed by atoms with Gasteiger partial charge >= 0.3 is 5.97 Å². The van der Waals surface area contributed by atoms with Crippen molar-refractivity contribution < 1.29 is 14.6 Å². The first-order valence-corrected chi connectivity index (χ1v) is 10.6. The second kappa shape index (κ2) is 7.30. The van der Waals surface area contributed by atoms with Crippen molar-refractivity contribution in [3.8, 4) is 0 Å². The molecule has 0 saturated heterocycles. The number of ether oxygens (including phenoxy) is 1. The van der Waals surface area contributed by atoms with Crippen LogP contribution in [0.4, 0.5) is 0 Å². The van der Waals surface area contributed by atoms with Gasteiger partial charge in [-0.3, -0.25) is 4.79 Å². The van der Waals surface area contributed by atoms with Gasteiger partial charge in [0.1, 0.15) is 0 Å². The molecule has 0 aromatic heterocycles. The van der Waals surface area contributed by atoms with Crippen LogP contribution in [-0.2, 0) is 9.53 Å². The molecular formula is C23H38O3. The molecular weight excluding hydrogens is 324 g/mol. The number of hydrogen-bond acceptors (Lipinski definition) is 3. The number of rotatable bonds is 4. The molecule has 3 aliphatic carbocycles. The van der Waals surface area contributed by atoms with E-state index >= 15 is 0 Å². The maximum absolute atomic E-state index is 11.6. The fourth-order valence-electron chi connectivity index (χ4n) is 6.86. The first-order chi connectivity index (χ1) is 12.2. The van der Waals surface area contributed by atoms with Crippen molar-refractivity contribution in [2.75, 3.05) is 13.2 Å². The van der Waals surface area contributed by atoms with Crippen LogP contribution in [-0.4, -0.2) is 24.3 Å². The van der Waals surface area contributed by atoms with E-state index in [-0.39, 0.29) is 23.4 Å². The smallest absolute Gasteiger partial charge is 0.302 e. The van der Waals surface area contributed by atoms with Gasteiger partial charge in [-0.1, -0.05) is 39.3 Å². The predicted molar refractivity (Wildman–Crippen MR) is 105 cm³/mol. The molecule has 2 unspecified atom stereocenters. The van der Waals surface area contributed by atoms with Crippen molar-refractivity contribution >= 4 is 5.97 Å². The summed E-state index contributed by atoms with van der Waals surface area (Å²) in [6.07, 6.45) is 8.21. The summed E-state index contributed by atoms with van der Waals surface area (Å²) in [5, 5.41) is 10.2. The number of fused-ring (bicyclic) bond motifs is 1. The standard InChI is InChI=1S/C23H38O3/c1-15-8-10-23(5,18(12-15)13-24)21-9-11-22(4)16(2)6-7-20(22)19(21)14-26-17(3)25/h15,18-21,24H,2,6-14H2,1,3-5H3/t15-,18+,19-,20?,21?,22+,23-/m0/s1. The van der Waals surface area contributed by atoms with Crippen LogP contribution in [0.15, 0.2) is 12.2 Å². The maximum atomic E-state index is 11.6. The fourth-order valence-corrected chi connectivity index (χ4v) is 6.86. The van der Waals surface area contributed by atoms with Crippen molar-refractivity contribution in [2.45, 2.75) is 72.6 Å². The molecule has 148 valence electrons. The van der Waals surface area contributed by atoms with Crippen molar-refractivity contribution in [1.29, 1.82) is 0 Å². The average molecular weight is 363 g/mol. The Morgan fingerprint density at radius 2 is 1.96 bits per heavy atom. The second-order valence-electron chi connectivity index (χ2n) is 10.0. The zero-order chi connectivity index (χ0) is 19.1. The Balaban J connectivity index is 1.91. The minimum Gasteiger partial charge on any atom is -0.466 e. The molecule has 0 aromatic carbocycles. The quantitative estimate of drug-likeness (QED) is 0.566. The molecule has 3 fully saturated rings. The highest BCUT2D eigenvalue weighted by atomic mass is 16.5. The van der Waals surface area contributed by atoms with Gasteiger partial charge in [0.15, 0.2) is 0 Å². The summed E-state index contributed by atoms with van der Waals surface area (Å²) in [6.45, 7) is 13.8. The highest BCUT2D eigenvalue weighted by Gasteiger charge is 2.56. The normalized spacial score (nSPS) is 46.0. The molecule has 3 aliphatic rings. The number of carbonyl (C=O) groups excluding carboxylic acids is 1. The summed E-state index contributed by atoms with van der Waals surface area (Å²) in [5.41, 5.74) is 1.75. The van der Waals surface area contributed by atoms with E-state index in [1.54, 1.807) is 0 Å². The van der Waals surface area contributed by atoms with Crippen LogP contribution in [0.5, 0.6) is 0 Å². The number of hydrogen-bond donors (Lipinski definition) is 1. The summed E-state index contributed by atoms with van der Waals surface area (Å²) in [6, 6.07) is 0. The minimum absolute atomic E-state index is 0.150.